The van der Waals surface area contributed by atoms with Gasteiger partial charge in [-0.25, -0.2) is 0 Å². The van der Waals surface area contributed by atoms with Crippen molar-refractivity contribution in [2.45, 2.75) is 31.4 Å². The van der Waals surface area contributed by atoms with Gasteiger partial charge in [0.15, 0.2) is 6.61 Å². The third-order valence-electron chi connectivity index (χ3n) is 4.75. The standard InChI is InChI=1S/C20H21N5O2/c26-19(21-15-20(11-12-20)16-7-3-1-4-8-16)13-25-23-18(22-24-25)14-27-17-9-5-2-6-10-17/h1-10H,11-15H2,(H,21,26). The fourth-order valence-electron chi connectivity index (χ4n) is 3.03. The highest BCUT2D eigenvalue weighted by atomic mass is 16.5. The minimum atomic E-state index is -0.120. The van der Waals surface area contributed by atoms with Crippen LogP contribution in [0, 0.1) is 0 Å². The van der Waals surface area contributed by atoms with Gasteiger partial charge in [-0.05, 0) is 35.8 Å². The first-order valence-corrected chi connectivity index (χ1v) is 9.00. The number of hydrogen-bond donors (Lipinski definition) is 1. The van der Waals surface area contributed by atoms with Gasteiger partial charge >= 0.3 is 0 Å². The summed E-state index contributed by atoms with van der Waals surface area (Å²) in [6, 6.07) is 19.8. The van der Waals surface area contributed by atoms with E-state index >= 15 is 0 Å². The van der Waals surface area contributed by atoms with E-state index in [0.717, 1.165) is 18.6 Å². The quantitative estimate of drug-likeness (QED) is 0.663. The maximum absolute atomic E-state index is 12.2. The molecule has 1 fully saturated rings. The summed E-state index contributed by atoms with van der Waals surface area (Å²) in [7, 11) is 0. The normalized spacial score (nSPS) is 14.5. The van der Waals surface area contributed by atoms with E-state index in [2.05, 4.69) is 32.9 Å². The van der Waals surface area contributed by atoms with Crippen LogP contribution in [0.2, 0.25) is 0 Å². The van der Waals surface area contributed by atoms with Crippen molar-refractivity contribution in [3.05, 3.63) is 72.1 Å². The molecule has 3 aromatic rings. The monoisotopic (exact) mass is 363 g/mol. The van der Waals surface area contributed by atoms with Gasteiger partial charge in [0.05, 0.1) is 0 Å². The number of hydrogen-bond acceptors (Lipinski definition) is 5. The molecule has 0 radical (unpaired) electrons. The number of benzene rings is 2. The molecule has 2 aromatic carbocycles. The zero-order valence-electron chi connectivity index (χ0n) is 14.9. The van der Waals surface area contributed by atoms with Crippen molar-refractivity contribution in [2.24, 2.45) is 0 Å². The van der Waals surface area contributed by atoms with Crippen LogP contribution >= 0.6 is 0 Å². The number of ether oxygens (including phenoxy) is 1. The molecule has 0 aliphatic heterocycles. The van der Waals surface area contributed by atoms with Crippen LogP contribution in [-0.2, 0) is 23.4 Å². The van der Waals surface area contributed by atoms with Gasteiger partial charge in [-0.1, -0.05) is 48.5 Å². The lowest BCUT2D eigenvalue weighted by Crippen LogP contribution is -2.35. The Balaban J connectivity index is 1.26. The third kappa shape index (κ3) is 4.31. The molecular weight excluding hydrogens is 342 g/mol. The van der Waals surface area contributed by atoms with E-state index in [4.69, 9.17) is 4.74 Å². The second-order valence-corrected chi connectivity index (χ2v) is 6.76. The number of carbonyl (C=O) groups is 1. The number of tetrazole rings is 1. The molecule has 138 valence electrons. The maximum Gasteiger partial charge on any atom is 0.243 e. The zero-order valence-corrected chi connectivity index (χ0v) is 14.9. The summed E-state index contributed by atoms with van der Waals surface area (Å²) in [5, 5.41) is 15.0. The first-order valence-electron chi connectivity index (χ1n) is 9.00. The zero-order chi connectivity index (χ0) is 18.5. The van der Waals surface area contributed by atoms with Crippen molar-refractivity contribution in [1.82, 2.24) is 25.5 Å². The summed E-state index contributed by atoms with van der Waals surface area (Å²) in [6.07, 6.45) is 2.19. The van der Waals surface area contributed by atoms with Gasteiger partial charge in [0.2, 0.25) is 11.7 Å². The van der Waals surface area contributed by atoms with E-state index in [1.54, 1.807) is 0 Å². The van der Waals surface area contributed by atoms with E-state index in [0.29, 0.717) is 12.4 Å². The predicted molar refractivity (Wildman–Crippen MR) is 99.0 cm³/mol. The first-order chi connectivity index (χ1) is 13.2. The third-order valence-corrected chi connectivity index (χ3v) is 4.75. The largest absolute Gasteiger partial charge is 0.485 e. The lowest BCUT2D eigenvalue weighted by atomic mass is 9.96. The van der Waals surface area contributed by atoms with Gasteiger partial charge in [-0.3, -0.25) is 4.79 Å². The molecule has 0 saturated heterocycles. The van der Waals surface area contributed by atoms with Crippen molar-refractivity contribution in [1.29, 1.82) is 0 Å². The van der Waals surface area contributed by atoms with Crippen LogP contribution in [-0.4, -0.2) is 32.7 Å². The Labute approximate surface area is 157 Å². The Morgan fingerprint density at radius 2 is 1.78 bits per heavy atom. The summed E-state index contributed by atoms with van der Waals surface area (Å²) in [6.45, 7) is 0.889. The highest BCUT2D eigenvalue weighted by Gasteiger charge is 2.44. The number of rotatable bonds is 8. The van der Waals surface area contributed by atoms with E-state index in [9.17, 15) is 4.79 Å². The molecule has 1 aliphatic rings. The van der Waals surface area contributed by atoms with E-state index in [1.807, 2.05) is 48.5 Å². The van der Waals surface area contributed by atoms with Crippen LogP contribution in [0.15, 0.2) is 60.7 Å². The maximum atomic E-state index is 12.2. The lowest BCUT2D eigenvalue weighted by Gasteiger charge is -2.16. The average Bonchev–Trinajstić information content (AvgIpc) is 3.39. The summed E-state index contributed by atoms with van der Waals surface area (Å²) >= 11 is 0. The van der Waals surface area contributed by atoms with Crippen molar-refractivity contribution in [2.75, 3.05) is 6.54 Å². The Hall–Kier alpha value is -3.22. The van der Waals surface area contributed by atoms with Gasteiger partial charge in [0.1, 0.15) is 12.3 Å². The number of para-hydroxylation sites is 1. The fourth-order valence-corrected chi connectivity index (χ4v) is 3.03. The highest BCUT2D eigenvalue weighted by molar-refractivity contribution is 5.75. The molecule has 4 rings (SSSR count). The van der Waals surface area contributed by atoms with Crippen LogP contribution in [0.4, 0.5) is 0 Å². The number of amides is 1. The average molecular weight is 363 g/mol. The van der Waals surface area contributed by atoms with Crippen molar-refractivity contribution in [3.8, 4) is 5.75 Å². The fraction of sp³-hybridized carbons (Fsp3) is 0.300. The smallest absolute Gasteiger partial charge is 0.243 e. The van der Waals surface area contributed by atoms with Crippen molar-refractivity contribution < 1.29 is 9.53 Å². The Morgan fingerprint density at radius 1 is 1.07 bits per heavy atom. The van der Waals surface area contributed by atoms with Crippen LogP contribution in [0.1, 0.15) is 24.2 Å². The second-order valence-electron chi connectivity index (χ2n) is 6.76. The minimum absolute atomic E-state index is 0.0448. The Kier molecular flexibility index (Phi) is 4.82. The molecule has 7 heteroatoms. The second kappa shape index (κ2) is 7.57. The van der Waals surface area contributed by atoms with Crippen molar-refractivity contribution in [3.63, 3.8) is 0 Å². The topological polar surface area (TPSA) is 81.9 Å². The first kappa shape index (κ1) is 17.2. The van der Waals surface area contributed by atoms with Crippen LogP contribution in [0.3, 0.4) is 0 Å². The molecule has 1 saturated carbocycles. The molecule has 1 heterocycles. The SMILES string of the molecule is O=C(Cn1nnc(COc2ccccc2)n1)NCC1(c2ccccc2)CC1. The van der Waals surface area contributed by atoms with Gasteiger partial charge in [0, 0.05) is 12.0 Å². The number of nitrogens with zero attached hydrogens (tertiary/aromatic N) is 4. The van der Waals surface area contributed by atoms with Gasteiger partial charge in [-0.15, -0.1) is 10.2 Å². The summed E-state index contributed by atoms with van der Waals surface area (Å²) in [4.78, 5) is 13.5. The summed E-state index contributed by atoms with van der Waals surface area (Å²) in [5.41, 5.74) is 1.37. The van der Waals surface area contributed by atoms with Crippen LogP contribution in [0.5, 0.6) is 5.75 Å². The van der Waals surface area contributed by atoms with Gasteiger partial charge < -0.3 is 10.1 Å². The molecule has 7 nitrogen and oxygen atoms in total. The molecule has 0 bridgehead atoms. The molecule has 0 atom stereocenters. The highest BCUT2D eigenvalue weighted by Crippen LogP contribution is 2.47. The molecule has 0 spiro atoms. The van der Waals surface area contributed by atoms with Gasteiger partial charge in [-0.2, -0.15) is 4.80 Å². The number of nitrogens with one attached hydrogen (secondary N) is 1. The minimum Gasteiger partial charge on any atom is -0.485 e. The molecule has 1 aromatic heterocycles. The molecule has 0 unspecified atom stereocenters. The Bertz CT molecular complexity index is 891. The van der Waals surface area contributed by atoms with Crippen LogP contribution < -0.4 is 10.1 Å². The van der Waals surface area contributed by atoms with E-state index in [-0.39, 0.29) is 24.5 Å². The number of aromatic nitrogens is 4. The van der Waals surface area contributed by atoms with E-state index < -0.39 is 0 Å². The molecule has 1 N–H and O–H groups in total. The summed E-state index contributed by atoms with van der Waals surface area (Å²) < 4.78 is 5.58. The molecule has 27 heavy (non-hydrogen) atoms. The Morgan fingerprint density at radius 3 is 2.48 bits per heavy atom. The van der Waals surface area contributed by atoms with E-state index in [1.165, 1.54) is 10.4 Å². The van der Waals surface area contributed by atoms with Crippen LogP contribution in [0.25, 0.3) is 0 Å². The molecule has 1 amide bonds. The predicted octanol–water partition coefficient (Wildman–Crippen LogP) is 2.10. The summed E-state index contributed by atoms with van der Waals surface area (Å²) in [5.74, 6) is 1.06. The molecular formula is C20H21N5O2. The number of carbonyl (C=O) groups excluding carboxylic acids is 1. The lowest BCUT2D eigenvalue weighted by molar-refractivity contribution is -0.122. The van der Waals surface area contributed by atoms with Crippen molar-refractivity contribution >= 4 is 5.91 Å². The van der Waals surface area contributed by atoms with Gasteiger partial charge in [0.25, 0.3) is 0 Å². The molecule has 1 aliphatic carbocycles.